The summed E-state index contributed by atoms with van der Waals surface area (Å²) in [5.74, 6) is 0.659. The average Bonchev–Trinajstić information content (AvgIpc) is 2.86. The summed E-state index contributed by atoms with van der Waals surface area (Å²) in [6.07, 6.45) is 2.47. The number of nitrogens with one attached hydrogen (secondary N) is 1. The second-order valence-corrected chi connectivity index (χ2v) is 6.85. The highest BCUT2D eigenvalue weighted by Gasteiger charge is 2.13. The van der Waals surface area contributed by atoms with Crippen molar-refractivity contribution in [2.24, 2.45) is 0 Å². The average molecular weight is 344 g/mol. The number of fused-ring (bicyclic) bond motifs is 1. The number of nitrogens with zero attached hydrogens (tertiary/aromatic N) is 5. The van der Waals surface area contributed by atoms with E-state index in [9.17, 15) is 4.57 Å². The number of aromatic nitrogens is 4. The predicted molar refractivity (Wildman–Crippen MR) is 85.2 cm³/mol. The summed E-state index contributed by atoms with van der Waals surface area (Å²) >= 11 is 0. The summed E-state index contributed by atoms with van der Waals surface area (Å²) in [6, 6.07) is 0. The number of anilines is 1. The van der Waals surface area contributed by atoms with Crippen molar-refractivity contribution in [1.29, 1.82) is 0 Å². The first kappa shape index (κ1) is 17.8. The zero-order valence-corrected chi connectivity index (χ0v) is 14.0. The topological polar surface area (TPSA) is 126 Å². The first-order chi connectivity index (χ1) is 10.9. The van der Waals surface area contributed by atoms with Crippen LogP contribution < -0.4 is 5.32 Å². The lowest BCUT2D eigenvalue weighted by Crippen LogP contribution is -2.21. The van der Waals surface area contributed by atoms with Gasteiger partial charge in [-0.15, -0.1) is 0 Å². The molecular weight excluding hydrogens is 323 g/mol. The fourth-order valence-corrected chi connectivity index (χ4v) is 2.28. The molecule has 0 aliphatic rings. The Balaban J connectivity index is 1.99. The molecule has 10 nitrogen and oxygen atoms in total. The molecule has 2 aromatic rings. The summed E-state index contributed by atoms with van der Waals surface area (Å²) < 4.78 is 17.4. The maximum Gasteiger partial charge on any atom is 0.350 e. The van der Waals surface area contributed by atoms with Crippen molar-refractivity contribution in [1.82, 2.24) is 24.4 Å². The van der Waals surface area contributed by atoms with Crippen molar-refractivity contribution in [3.8, 4) is 0 Å². The molecule has 3 N–H and O–H groups in total. The van der Waals surface area contributed by atoms with Crippen LogP contribution >= 0.6 is 7.60 Å². The Morgan fingerprint density at radius 2 is 2.13 bits per heavy atom. The summed E-state index contributed by atoms with van der Waals surface area (Å²) in [4.78, 5) is 32.2. The first-order valence-corrected chi connectivity index (χ1v) is 8.83. The fourth-order valence-electron chi connectivity index (χ4n) is 1.92. The SMILES string of the molecule is CN(C)CCNc1ncnc2c1ncn2CCOCP(=O)(O)O. The van der Waals surface area contributed by atoms with Gasteiger partial charge >= 0.3 is 7.60 Å². The molecule has 0 aliphatic heterocycles. The van der Waals surface area contributed by atoms with E-state index in [1.54, 1.807) is 10.9 Å². The highest BCUT2D eigenvalue weighted by molar-refractivity contribution is 7.51. The summed E-state index contributed by atoms with van der Waals surface area (Å²) in [5, 5.41) is 3.22. The summed E-state index contributed by atoms with van der Waals surface area (Å²) in [7, 11) is -0.156. The van der Waals surface area contributed by atoms with Crippen LogP contribution in [0.15, 0.2) is 12.7 Å². The summed E-state index contributed by atoms with van der Waals surface area (Å²) in [6.45, 7) is 2.15. The van der Waals surface area contributed by atoms with Gasteiger partial charge in [0.1, 0.15) is 18.2 Å². The Labute approximate surface area is 133 Å². The molecule has 0 saturated carbocycles. The van der Waals surface area contributed by atoms with E-state index in [2.05, 4.69) is 25.2 Å². The van der Waals surface area contributed by atoms with Gasteiger partial charge in [-0.3, -0.25) is 4.57 Å². The second-order valence-electron chi connectivity index (χ2n) is 5.26. The highest BCUT2D eigenvalue weighted by Crippen LogP contribution is 2.33. The van der Waals surface area contributed by atoms with Gasteiger partial charge in [-0.25, -0.2) is 15.0 Å². The molecule has 0 radical (unpaired) electrons. The fraction of sp³-hybridized carbons (Fsp3) is 0.583. The molecule has 2 heterocycles. The summed E-state index contributed by atoms with van der Waals surface area (Å²) in [5.41, 5.74) is 1.30. The Bertz CT molecular complexity index is 685. The zero-order chi connectivity index (χ0) is 16.9. The van der Waals surface area contributed by atoms with E-state index in [1.165, 1.54) is 6.33 Å². The number of imidazole rings is 1. The third kappa shape index (κ3) is 5.52. The first-order valence-electron chi connectivity index (χ1n) is 7.03. The number of rotatable bonds is 9. The minimum absolute atomic E-state index is 0.157. The van der Waals surface area contributed by atoms with Gasteiger partial charge in [0.25, 0.3) is 0 Å². The Kier molecular flexibility index (Phi) is 6.03. The van der Waals surface area contributed by atoms with Crippen LogP contribution in [0.25, 0.3) is 11.2 Å². The number of hydrogen-bond donors (Lipinski definition) is 3. The number of ether oxygens (including phenoxy) is 1. The molecule has 0 aliphatic carbocycles. The van der Waals surface area contributed by atoms with Gasteiger partial charge in [-0.1, -0.05) is 0 Å². The van der Waals surface area contributed by atoms with E-state index in [1.807, 2.05) is 14.1 Å². The van der Waals surface area contributed by atoms with Crippen molar-refractivity contribution in [2.45, 2.75) is 6.54 Å². The molecule has 0 bridgehead atoms. The van der Waals surface area contributed by atoms with E-state index in [4.69, 9.17) is 14.5 Å². The number of hydrogen-bond acceptors (Lipinski definition) is 7. The molecule has 0 aromatic carbocycles. The molecule has 0 fully saturated rings. The lowest BCUT2D eigenvalue weighted by atomic mass is 10.4. The van der Waals surface area contributed by atoms with E-state index in [-0.39, 0.29) is 6.61 Å². The molecular formula is C12H21N6O4P. The van der Waals surface area contributed by atoms with Crippen LogP contribution in [0.3, 0.4) is 0 Å². The number of likely N-dealkylation sites (N-methyl/N-ethyl adjacent to an activating group) is 1. The predicted octanol–water partition coefficient (Wildman–Crippen LogP) is -0.0484. The van der Waals surface area contributed by atoms with Gasteiger partial charge in [0.15, 0.2) is 11.5 Å². The van der Waals surface area contributed by atoms with Crippen molar-refractivity contribution in [2.75, 3.05) is 45.5 Å². The van der Waals surface area contributed by atoms with Crippen LogP contribution in [0.1, 0.15) is 0 Å². The standard InChI is InChI=1S/C12H21N6O4P/c1-17(2)4-3-13-11-10-12(15-7-14-11)18(8-16-10)5-6-22-9-23(19,20)21/h7-8H,3-6,9H2,1-2H3,(H,13,14,15)(H2,19,20,21). The van der Waals surface area contributed by atoms with Crippen molar-refractivity contribution >= 4 is 24.6 Å². The monoisotopic (exact) mass is 344 g/mol. The quantitative estimate of drug-likeness (QED) is 0.424. The molecule has 2 aromatic heterocycles. The lowest BCUT2D eigenvalue weighted by molar-refractivity contribution is 0.149. The molecule has 2 rings (SSSR count). The van der Waals surface area contributed by atoms with Gasteiger partial charge in [0, 0.05) is 19.6 Å². The second kappa shape index (κ2) is 7.80. The van der Waals surface area contributed by atoms with Gasteiger partial charge in [0.2, 0.25) is 0 Å². The van der Waals surface area contributed by atoms with Gasteiger partial charge < -0.3 is 29.3 Å². The largest absolute Gasteiger partial charge is 0.367 e. The molecule has 11 heteroatoms. The molecule has 0 spiro atoms. The Morgan fingerprint density at radius 3 is 2.83 bits per heavy atom. The highest BCUT2D eigenvalue weighted by atomic mass is 31.2. The van der Waals surface area contributed by atoms with Crippen molar-refractivity contribution in [3.63, 3.8) is 0 Å². The van der Waals surface area contributed by atoms with Gasteiger partial charge in [-0.05, 0) is 14.1 Å². The van der Waals surface area contributed by atoms with Crippen LogP contribution in [0.5, 0.6) is 0 Å². The maximum atomic E-state index is 10.7. The van der Waals surface area contributed by atoms with E-state index < -0.39 is 13.9 Å². The van der Waals surface area contributed by atoms with Crippen LogP contribution in [-0.2, 0) is 15.8 Å². The van der Waals surface area contributed by atoms with E-state index in [0.717, 1.165) is 13.1 Å². The van der Waals surface area contributed by atoms with Crippen LogP contribution in [0, 0.1) is 0 Å². The van der Waals surface area contributed by atoms with Crippen molar-refractivity contribution in [3.05, 3.63) is 12.7 Å². The third-order valence-electron chi connectivity index (χ3n) is 2.99. The molecule has 0 unspecified atom stereocenters. The van der Waals surface area contributed by atoms with E-state index in [0.29, 0.717) is 23.5 Å². The normalized spacial score (nSPS) is 12.2. The van der Waals surface area contributed by atoms with Crippen LogP contribution in [0.2, 0.25) is 0 Å². The van der Waals surface area contributed by atoms with Crippen molar-refractivity contribution < 1.29 is 19.1 Å². The molecule has 128 valence electrons. The molecule has 0 saturated heterocycles. The van der Waals surface area contributed by atoms with Crippen LogP contribution in [-0.4, -0.2) is 74.3 Å². The third-order valence-corrected chi connectivity index (χ3v) is 3.51. The minimum atomic E-state index is -4.14. The zero-order valence-electron chi connectivity index (χ0n) is 13.1. The minimum Gasteiger partial charge on any atom is -0.367 e. The lowest BCUT2D eigenvalue weighted by Gasteiger charge is -2.11. The van der Waals surface area contributed by atoms with Gasteiger partial charge in [0.05, 0.1) is 12.9 Å². The molecule has 0 amide bonds. The molecule has 0 atom stereocenters. The van der Waals surface area contributed by atoms with Crippen LogP contribution in [0.4, 0.5) is 5.82 Å². The van der Waals surface area contributed by atoms with E-state index >= 15 is 0 Å². The Hall–Kier alpha value is -1.58. The maximum absolute atomic E-state index is 10.7. The molecule has 23 heavy (non-hydrogen) atoms. The smallest absolute Gasteiger partial charge is 0.350 e. The Morgan fingerprint density at radius 1 is 1.35 bits per heavy atom. The van der Waals surface area contributed by atoms with Gasteiger partial charge in [-0.2, -0.15) is 0 Å².